The molecule has 1 aromatic rings. The number of esters is 1. The number of amides is 1. The Bertz CT molecular complexity index is 449. The van der Waals surface area contributed by atoms with Gasteiger partial charge in [0, 0.05) is 6.92 Å². The van der Waals surface area contributed by atoms with Gasteiger partial charge in [0.15, 0.2) is 0 Å². The molecule has 0 aliphatic rings. The van der Waals surface area contributed by atoms with E-state index in [1.807, 2.05) is 0 Å². The standard InChI is InChI=1S/C8H8N2O6/c1-4(11)9-7-5(10(13)14)3-6(16-7)8(12)15-2/h3H,1-2H3,(H,9,11). The minimum absolute atomic E-state index is 0.349. The number of methoxy groups -OCH3 is 1. The van der Waals surface area contributed by atoms with Crippen molar-refractivity contribution in [3.05, 3.63) is 21.9 Å². The molecule has 0 saturated carbocycles. The van der Waals surface area contributed by atoms with E-state index in [0.29, 0.717) is 0 Å². The van der Waals surface area contributed by atoms with Crippen LogP contribution in [0.15, 0.2) is 10.5 Å². The Morgan fingerprint density at radius 2 is 2.19 bits per heavy atom. The number of carbonyl (C=O) groups excluding carboxylic acids is 2. The molecule has 8 nitrogen and oxygen atoms in total. The van der Waals surface area contributed by atoms with E-state index >= 15 is 0 Å². The van der Waals surface area contributed by atoms with E-state index < -0.39 is 28.4 Å². The molecule has 86 valence electrons. The number of furan rings is 1. The van der Waals surface area contributed by atoms with Gasteiger partial charge in [0.2, 0.25) is 11.7 Å². The average molecular weight is 228 g/mol. The highest BCUT2D eigenvalue weighted by molar-refractivity contribution is 5.92. The van der Waals surface area contributed by atoms with Gasteiger partial charge in [0.25, 0.3) is 5.88 Å². The maximum atomic E-state index is 11.0. The van der Waals surface area contributed by atoms with Gasteiger partial charge in [-0.25, -0.2) is 4.79 Å². The quantitative estimate of drug-likeness (QED) is 0.468. The van der Waals surface area contributed by atoms with Crippen LogP contribution < -0.4 is 5.32 Å². The van der Waals surface area contributed by atoms with Crippen LogP contribution in [0.5, 0.6) is 0 Å². The third kappa shape index (κ3) is 2.35. The first-order valence-corrected chi connectivity index (χ1v) is 4.09. The van der Waals surface area contributed by atoms with Crippen LogP contribution in [0, 0.1) is 10.1 Å². The van der Waals surface area contributed by atoms with E-state index in [1.165, 1.54) is 0 Å². The molecule has 0 fully saturated rings. The Balaban J connectivity index is 3.14. The third-order valence-electron chi connectivity index (χ3n) is 1.59. The summed E-state index contributed by atoms with van der Waals surface area (Å²) in [5.74, 6) is -2.15. The van der Waals surface area contributed by atoms with Crippen LogP contribution in [-0.2, 0) is 9.53 Å². The average Bonchev–Trinajstić information content (AvgIpc) is 2.59. The molecular formula is C8H8N2O6. The van der Waals surface area contributed by atoms with Crippen LogP contribution >= 0.6 is 0 Å². The second-order valence-electron chi connectivity index (χ2n) is 2.75. The second kappa shape index (κ2) is 4.43. The molecule has 1 rings (SSSR count). The molecule has 0 aliphatic heterocycles. The molecule has 0 spiro atoms. The second-order valence-corrected chi connectivity index (χ2v) is 2.75. The fourth-order valence-electron chi connectivity index (χ4n) is 0.968. The van der Waals surface area contributed by atoms with Crippen LogP contribution in [-0.4, -0.2) is 23.9 Å². The lowest BCUT2D eigenvalue weighted by Crippen LogP contribution is -2.06. The molecule has 1 amide bonds. The van der Waals surface area contributed by atoms with Crippen LogP contribution in [0.1, 0.15) is 17.5 Å². The predicted molar refractivity (Wildman–Crippen MR) is 51.0 cm³/mol. The molecule has 0 bridgehead atoms. The fraction of sp³-hybridized carbons (Fsp3) is 0.250. The molecule has 0 saturated heterocycles. The van der Waals surface area contributed by atoms with E-state index in [9.17, 15) is 19.7 Å². The Kier molecular flexibility index (Phi) is 3.24. The largest absolute Gasteiger partial charge is 0.463 e. The van der Waals surface area contributed by atoms with E-state index in [-0.39, 0.29) is 5.76 Å². The van der Waals surface area contributed by atoms with E-state index in [0.717, 1.165) is 20.1 Å². The van der Waals surface area contributed by atoms with E-state index in [2.05, 4.69) is 10.1 Å². The smallest absolute Gasteiger partial charge is 0.374 e. The minimum Gasteiger partial charge on any atom is -0.463 e. The zero-order chi connectivity index (χ0) is 12.3. The summed E-state index contributed by atoms with van der Waals surface area (Å²) < 4.78 is 9.11. The van der Waals surface area contributed by atoms with Gasteiger partial charge in [-0.15, -0.1) is 0 Å². The van der Waals surface area contributed by atoms with Crippen molar-refractivity contribution in [2.24, 2.45) is 0 Å². The van der Waals surface area contributed by atoms with Crippen molar-refractivity contribution in [3.8, 4) is 0 Å². The number of anilines is 1. The Morgan fingerprint density at radius 3 is 2.62 bits per heavy atom. The summed E-state index contributed by atoms with van der Waals surface area (Å²) >= 11 is 0. The zero-order valence-electron chi connectivity index (χ0n) is 8.47. The SMILES string of the molecule is COC(=O)c1cc([N+](=O)[O-])c(NC(C)=O)o1. The van der Waals surface area contributed by atoms with Gasteiger partial charge in [-0.1, -0.05) is 0 Å². The number of nitro groups is 1. The molecule has 1 heterocycles. The number of hydrogen-bond acceptors (Lipinski definition) is 6. The van der Waals surface area contributed by atoms with Gasteiger partial charge in [-0.05, 0) is 0 Å². The molecule has 0 unspecified atom stereocenters. The number of nitrogens with zero attached hydrogens (tertiary/aromatic N) is 1. The molecule has 1 aromatic heterocycles. The van der Waals surface area contributed by atoms with Crippen molar-refractivity contribution < 1.29 is 23.7 Å². The molecule has 1 N–H and O–H groups in total. The summed E-state index contributed by atoms with van der Waals surface area (Å²) in [7, 11) is 1.11. The monoisotopic (exact) mass is 228 g/mol. The maximum absolute atomic E-state index is 11.0. The molecule has 0 radical (unpaired) electrons. The maximum Gasteiger partial charge on any atom is 0.374 e. The van der Waals surface area contributed by atoms with Crippen molar-refractivity contribution in [3.63, 3.8) is 0 Å². The van der Waals surface area contributed by atoms with Crippen LogP contribution in [0.3, 0.4) is 0 Å². The van der Waals surface area contributed by atoms with Gasteiger partial charge >= 0.3 is 11.7 Å². The van der Waals surface area contributed by atoms with Crippen LogP contribution in [0.25, 0.3) is 0 Å². The molecule has 0 aliphatic carbocycles. The summed E-state index contributed by atoms with van der Waals surface area (Å²) in [5.41, 5.74) is -0.504. The summed E-state index contributed by atoms with van der Waals surface area (Å²) in [6.45, 7) is 1.16. The van der Waals surface area contributed by atoms with Crippen molar-refractivity contribution >= 4 is 23.4 Å². The Morgan fingerprint density at radius 1 is 1.56 bits per heavy atom. The fourth-order valence-corrected chi connectivity index (χ4v) is 0.968. The first kappa shape index (κ1) is 11.7. The van der Waals surface area contributed by atoms with Crippen LogP contribution in [0.2, 0.25) is 0 Å². The lowest BCUT2D eigenvalue weighted by molar-refractivity contribution is -0.384. The molecule has 0 aromatic carbocycles. The van der Waals surface area contributed by atoms with Crippen molar-refractivity contribution in [1.82, 2.24) is 0 Å². The lowest BCUT2D eigenvalue weighted by atomic mass is 10.4. The van der Waals surface area contributed by atoms with E-state index in [4.69, 9.17) is 4.42 Å². The minimum atomic E-state index is -0.861. The number of hydrogen-bond donors (Lipinski definition) is 1. The van der Waals surface area contributed by atoms with Crippen LogP contribution in [0.4, 0.5) is 11.6 Å². The molecule has 0 atom stereocenters. The van der Waals surface area contributed by atoms with Gasteiger partial charge in [0.05, 0.1) is 18.1 Å². The summed E-state index contributed by atoms with van der Waals surface area (Å²) in [6, 6.07) is 0.886. The predicted octanol–water partition coefficient (Wildman–Crippen LogP) is 0.933. The first-order valence-electron chi connectivity index (χ1n) is 4.09. The summed E-state index contributed by atoms with van der Waals surface area (Å²) in [4.78, 5) is 31.6. The van der Waals surface area contributed by atoms with Gasteiger partial charge < -0.3 is 9.15 Å². The summed E-state index contributed by atoms with van der Waals surface area (Å²) in [6.07, 6.45) is 0. The number of carbonyl (C=O) groups is 2. The highest BCUT2D eigenvalue weighted by Crippen LogP contribution is 2.28. The van der Waals surface area contributed by atoms with Gasteiger partial charge in [0.1, 0.15) is 0 Å². The van der Waals surface area contributed by atoms with Crippen molar-refractivity contribution in [1.29, 1.82) is 0 Å². The molecular weight excluding hydrogens is 220 g/mol. The first-order chi connectivity index (χ1) is 7.45. The Labute approximate surface area is 89.3 Å². The number of rotatable bonds is 3. The Hall–Kier alpha value is -2.38. The molecule has 16 heavy (non-hydrogen) atoms. The van der Waals surface area contributed by atoms with Gasteiger partial charge in [-0.3, -0.25) is 20.2 Å². The topological polar surface area (TPSA) is 112 Å². The van der Waals surface area contributed by atoms with Crippen molar-refractivity contribution in [2.45, 2.75) is 6.92 Å². The van der Waals surface area contributed by atoms with E-state index in [1.54, 1.807) is 0 Å². The van der Waals surface area contributed by atoms with Crippen molar-refractivity contribution in [2.75, 3.05) is 12.4 Å². The van der Waals surface area contributed by atoms with Gasteiger partial charge in [-0.2, -0.15) is 0 Å². The third-order valence-corrected chi connectivity index (χ3v) is 1.59. The number of nitrogens with one attached hydrogen (secondary N) is 1. The summed E-state index contributed by atoms with van der Waals surface area (Å²) in [5, 5.41) is 12.7. The lowest BCUT2D eigenvalue weighted by Gasteiger charge is -1.95. The normalized spacial score (nSPS) is 9.62. The number of ether oxygens (including phenoxy) is 1. The zero-order valence-corrected chi connectivity index (χ0v) is 8.47. The highest BCUT2D eigenvalue weighted by Gasteiger charge is 2.25. The highest BCUT2D eigenvalue weighted by atomic mass is 16.6. The molecule has 8 heteroatoms.